The van der Waals surface area contributed by atoms with Crippen molar-refractivity contribution < 1.29 is 4.74 Å². The monoisotopic (exact) mass is 156 g/mol. The smallest absolute Gasteiger partial charge is 0.0519 e. The van der Waals surface area contributed by atoms with E-state index in [0.717, 1.165) is 19.4 Å². The van der Waals surface area contributed by atoms with Crippen molar-refractivity contribution in [1.29, 1.82) is 0 Å². The molecule has 0 fully saturated rings. The van der Waals surface area contributed by atoms with E-state index >= 15 is 0 Å². The van der Waals surface area contributed by atoms with Gasteiger partial charge in [-0.05, 0) is 33.6 Å². The first-order chi connectivity index (χ1) is 5.20. The number of hydrogen-bond donors (Lipinski definition) is 0. The van der Waals surface area contributed by atoms with Crippen LogP contribution in [0.1, 0.15) is 40.5 Å². The molecule has 0 bridgehead atoms. The van der Waals surface area contributed by atoms with Gasteiger partial charge in [0.25, 0.3) is 0 Å². The highest BCUT2D eigenvalue weighted by atomic mass is 16.5. The Morgan fingerprint density at radius 3 is 2.45 bits per heavy atom. The molecule has 0 amide bonds. The number of rotatable bonds is 5. The molecule has 0 aromatic rings. The first kappa shape index (κ1) is 10.7. The second kappa shape index (κ2) is 6.41. The van der Waals surface area contributed by atoms with Gasteiger partial charge in [0, 0.05) is 0 Å². The lowest BCUT2D eigenvalue weighted by atomic mass is 10.1. The molecule has 0 heterocycles. The third-order valence-electron chi connectivity index (χ3n) is 1.74. The summed E-state index contributed by atoms with van der Waals surface area (Å²) in [5.74, 6) is 0. The summed E-state index contributed by atoms with van der Waals surface area (Å²) >= 11 is 0. The second-order valence-corrected chi connectivity index (χ2v) is 2.97. The molecule has 0 aliphatic rings. The Labute approximate surface area is 70.4 Å². The van der Waals surface area contributed by atoms with Gasteiger partial charge in [-0.25, -0.2) is 0 Å². The van der Waals surface area contributed by atoms with E-state index in [4.69, 9.17) is 4.74 Å². The Morgan fingerprint density at radius 2 is 2.09 bits per heavy atom. The highest BCUT2D eigenvalue weighted by molar-refractivity contribution is 4.98. The van der Waals surface area contributed by atoms with Crippen LogP contribution in [0.2, 0.25) is 0 Å². The zero-order valence-corrected chi connectivity index (χ0v) is 8.18. The van der Waals surface area contributed by atoms with Crippen LogP contribution >= 0.6 is 0 Å². The van der Waals surface area contributed by atoms with Crippen LogP contribution in [0, 0.1) is 0 Å². The van der Waals surface area contributed by atoms with Gasteiger partial charge in [0.15, 0.2) is 0 Å². The maximum atomic E-state index is 5.44. The van der Waals surface area contributed by atoms with Gasteiger partial charge in [-0.1, -0.05) is 18.6 Å². The summed E-state index contributed by atoms with van der Waals surface area (Å²) in [5, 5.41) is 0. The van der Waals surface area contributed by atoms with Crippen LogP contribution in [0.15, 0.2) is 11.6 Å². The fourth-order valence-corrected chi connectivity index (χ4v) is 0.951. The quantitative estimate of drug-likeness (QED) is 0.555. The summed E-state index contributed by atoms with van der Waals surface area (Å²) in [5.41, 5.74) is 1.49. The molecule has 11 heavy (non-hydrogen) atoms. The van der Waals surface area contributed by atoms with Crippen LogP contribution in [0.5, 0.6) is 0 Å². The van der Waals surface area contributed by atoms with Crippen molar-refractivity contribution in [3.05, 3.63) is 11.6 Å². The van der Waals surface area contributed by atoms with Gasteiger partial charge in [0.2, 0.25) is 0 Å². The van der Waals surface area contributed by atoms with Crippen LogP contribution in [0.4, 0.5) is 0 Å². The predicted molar refractivity (Wildman–Crippen MR) is 49.8 cm³/mol. The molecule has 0 atom stereocenters. The third kappa shape index (κ3) is 6.11. The van der Waals surface area contributed by atoms with Crippen LogP contribution in [-0.2, 0) is 4.74 Å². The SMILES string of the molecule is CC=C(CC)CCOC(C)C. The van der Waals surface area contributed by atoms with Crippen molar-refractivity contribution >= 4 is 0 Å². The van der Waals surface area contributed by atoms with Crippen LogP contribution in [0.3, 0.4) is 0 Å². The first-order valence-electron chi connectivity index (χ1n) is 4.46. The van der Waals surface area contributed by atoms with E-state index in [2.05, 4.69) is 33.8 Å². The number of hydrogen-bond acceptors (Lipinski definition) is 1. The molecule has 0 saturated heterocycles. The third-order valence-corrected chi connectivity index (χ3v) is 1.74. The average Bonchev–Trinajstić information content (AvgIpc) is 1.98. The molecule has 0 spiro atoms. The molecular weight excluding hydrogens is 136 g/mol. The molecule has 0 rings (SSSR count). The molecular formula is C10H20O. The van der Waals surface area contributed by atoms with Gasteiger partial charge in [0.05, 0.1) is 12.7 Å². The lowest BCUT2D eigenvalue weighted by Crippen LogP contribution is -2.04. The fraction of sp³-hybridized carbons (Fsp3) is 0.800. The van der Waals surface area contributed by atoms with Crippen molar-refractivity contribution in [2.24, 2.45) is 0 Å². The van der Waals surface area contributed by atoms with Gasteiger partial charge in [-0.15, -0.1) is 0 Å². The number of ether oxygens (including phenoxy) is 1. The van der Waals surface area contributed by atoms with Crippen LogP contribution in [-0.4, -0.2) is 12.7 Å². The Kier molecular flexibility index (Phi) is 6.24. The van der Waals surface area contributed by atoms with E-state index in [-0.39, 0.29) is 0 Å². The van der Waals surface area contributed by atoms with E-state index in [1.165, 1.54) is 5.57 Å². The van der Waals surface area contributed by atoms with Crippen molar-refractivity contribution in [3.63, 3.8) is 0 Å². The molecule has 1 heteroatoms. The minimum Gasteiger partial charge on any atom is -0.378 e. The molecule has 0 aromatic carbocycles. The Balaban J connectivity index is 3.37. The maximum Gasteiger partial charge on any atom is 0.0519 e. The van der Waals surface area contributed by atoms with Gasteiger partial charge in [-0.2, -0.15) is 0 Å². The van der Waals surface area contributed by atoms with Crippen molar-refractivity contribution in [2.45, 2.75) is 46.6 Å². The fourth-order valence-electron chi connectivity index (χ4n) is 0.951. The molecule has 66 valence electrons. The normalized spacial score (nSPS) is 12.6. The number of allylic oxidation sites excluding steroid dienone is 1. The summed E-state index contributed by atoms with van der Waals surface area (Å²) in [7, 11) is 0. The van der Waals surface area contributed by atoms with Gasteiger partial charge in [0.1, 0.15) is 0 Å². The maximum absolute atomic E-state index is 5.44. The molecule has 0 unspecified atom stereocenters. The second-order valence-electron chi connectivity index (χ2n) is 2.97. The lowest BCUT2D eigenvalue weighted by molar-refractivity contribution is 0.0810. The van der Waals surface area contributed by atoms with Gasteiger partial charge in [-0.3, -0.25) is 0 Å². The first-order valence-corrected chi connectivity index (χ1v) is 4.46. The highest BCUT2D eigenvalue weighted by Gasteiger charge is 1.95. The van der Waals surface area contributed by atoms with E-state index < -0.39 is 0 Å². The zero-order chi connectivity index (χ0) is 8.69. The summed E-state index contributed by atoms with van der Waals surface area (Å²) in [6, 6.07) is 0. The lowest BCUT2D eigenvalue weighted by Gasteiger charge is -2.08. The van der Waals surface area contributed by atoms with E-state index in [0.29, 0.717) is 6.10 Å². The van der Waals surface area contributed by atoms with Crippen LogP contribution < -0.4 is 0 Å². The predicted octanol–water partition coefficient (Wildman–Crippen LogP) is 3.16. The van der Waals surface area contributed by atoms with Crippen molar-refractivity contribution in [2.75, 3.05) is 6.61 Å². The minimum atomic E-state index is 0.366. The molecule has 0 saturated carbocycles. The Morgan fingerprint density at radius 1 is 1.45 bits per heavy atom. The van der Waals surface area contributed by atoms with Gasteiger partial charge >= 0.3 is 0 Å². The van der Waals surface area contributed by atoms with Gasteiger partial charge < -0.3 is 4.74 Å². The zero-order valence-electron chi connectivity index (χ0n) is 8.18. The molecule has 0 N–H and O–H groups in total. The average molecular weight is 156 g/mol. The standard InChI is InChI=1S/C10H20O/c1-5-10(6-2)7-8-11-9(3)4/h5,9H,6-8H2,1-4H3. The van der Waals surface area contributed by atoms with E-state index in [9.17, 15) is 0 Å². The van der Waals surface area contributed by atoms with E-state index in [1.807, 2.05) is 0 Å². The topological polar surface area (TPSA) is 9.23 Å². The summed E-state index contributed by atoms with van der Waals surface area (Å²) in [6.07, 6.45) is 4.79. The molecule has 0 radical (unpaired) electrons. The molecule has 0 aliphatic carbocycles. The highest BCUT2D eigenvalue weighted by Crippen LogP contribution is 2.06. The van der Waals surface area contributed by atoms with Crippen molar-refractivity contribution in [3.8, 4) is 0 Å². The van der Waals surface area contributed by atoms with Crippen molar-refractivity contribution in [1.82, 2.24) is 0 Å². The molecule has 0 aliphatic heterocycles. The summed E-state index contributed by atoms with van der Waals surface area (Å²) < 4.78 is 5.44. The Hall–Kier alpha value is -0.300. The minimum absolute atomic E-state index is 0.366. The molecule has 0 aromatic heterocycles. The summed E-state index contributed by atoms with van der Waals surface area (Å²) in [4.78, 5) is 0. The molecule has 1 nitrogen and oxygen atoms in total. The summed E-state index contributed by atoms with van der Waals surface area (Å²) in [6.45, 7) is 9.28. The Bertz CT molecular complexity index is 114. The largest absolute Gasteiger partial charge is 0.378 e. The van der Waals surface area contributed by atoms with E-state index in [1.54, 1.807) is 0 Å². The van der Waals surface area contributed by atoms with Crippen LogP contribution in [0.25, 0.3) is 0 Å².